The monoisotopic (exact) mass is 646 g/mol. The summed E-state index contributed by atoms with van der Waals surface area (Å²) < 4.78 is 37.6. The molecule has 1 saturated heterocycles. The van der Waals surface area contributed by atoms with Crippen molar-refractivity contribution in [2.75, 3.05) is 32.1 Å². The molecule has 0 amide bonds. The van der Waals surface area contributed by atoms with E-state index in [-0.39, 0.29) is 32.5 Å². The Morgan fingerprint density at radius 3 is 2.48 bits per heavy atom. The molecule has 2 N–H and O–H groups in total. The Morgan fingerprint density at radius 2 is 1.80 bits per heavy atom. The third-order valence-electron chi connectivity index (χ3n) is 6.23. The number of piperidine rings is 1. The summed E-state index contributed by atoms with van der Waals surface area (Å²) in [5.41, 5.74) is 1.93. The smallest absolute Gasteiger partial charge is 0.351 e. The normalized spacial score (nSPS) is 14.6. The maximum absolute atomic E-state index is 13.0. The highest BCUT2D eigenvalue weighted by atomic mass is 35.5. The number of rotatable bonds is 10. The number of carbonyl (C=O) groups is 2. The van der Waals surface area contributed by atoms with Crippen molar-refractivity contribution in [1.82, 2.24) is 4.31 Å². The van der Waals surface area contributed by atoms with Crippen LogP contribution in [0.4, 0.5) is 5.69 Å². The lowest BCUT2D eigenvalue weighted by Crippen LogP contribution is -2.42. The molecule has 2 aromatic carbocycles. The number of carbonyl (C=O) groups excluding carboxylic acids is 1. The van der Waals surface area contributed by atoms with Crippen molar-refractivity contribution in [1.29, 1.82) is 0 Å². The first-order chi connectivity index (χ1) is 19.0. The van der Waals surface area contributed by atoms with Crippen LogP contribution in [-0.2, 0) is 25.3 Å². The van der Waals surface area contributed by atoms with Gasteiger partial charge in [0.2, 0.25) is 10.0 Å². The van der Waals surface area contributed by atoms with Gasteiger partial charge in [-0.3, -0.25) is 0 Å². The Hall–Kier alpha value is -2.54. The third-order valence-corrected chi connectivity index (χ3v) is 10.6. The number of carboxylic acids is 1. The lowest BCUT2D eigenvalue weighted by Gasteiger charge is -2.32. The van der Waals surface area contributed by atoms with Crippen LogP contribution in [-0.4, -0.2) is 62.6 Å². The molecule has 0 radical (unpaired) electrons. The maximum Gasteiger partial charge on any atom is 0.351 e. The van der Waals surface area contributed by atoms with E-state index in [1.54, 1.807) is 24.3 Å². The van der Waals surface area contributed by atoms with Crippen LogP contribution in [0.15, 0.2) is 42.5 Å². The number of benzene rings is 2. The first-order valence-corrected chi connectivity index (χ1v) is 15.6. The van der Waals surface area contributed by atoms with Crippen LogP contribution < -0.4 is 10.1 Å². The summed E-state index contributed by atoms with van der Waals surface area (Å²) >= 11 is 19.8. The van der Waals surface area contributed by atoms with Crippen molar-refractivity contribution >= 4 is 73.8 Å². The Balaban J connectivity index is 1.44. The average Bonchev–Trinajstić information content (AvgIpc) is 3.26. The number of hydrogen-bond donors (Lipinski definition) is 2. The van der Waals surface area contributed by atoms with Gasteiger partial charge in [-0.2, -0.15) is 0 Å². The van der Waals surface area contributed by atoms with Gasteiger partial charge >= 0.3 is 11.9 Å². The fourth-order valence-corrected chi connectivity index (χ4v) is 7.81. The summed E-state index contributed by atoms with van der Waals surface area (Å²) in [4.78, 5) is 23.8. The second kappa shape index (κ2) is 13.0. The van der Waals surface area contributed by atoms with Crippen molar-refractivity contribution in [2.45, 2.75) is 24.6 Å². The molecule has 0 unspecified atom stereocenters. The van der Waals surface area contributed by atoms with Gasteiger partial charge in [0.1, 0.15) is 5.02 Å². The molecule has 214 valence electrons. The molecule has 1 aliphatic heterocycles. The van der Waals surface area contributed by atoms with Gasteiger partial charge in [0.25, 0.3) is 0 Å². The number of methoxy groups -OCH3 is 1. The highest BCUT2D eigenvalue weighted by molar-refractivity contribution is 7.88. The number of esters is 1. The van der Waals surface area contributed by atoms with Crippen molar-refractivity contribution in [2.24, 2.45) is 0 Å². The summed E-state index contributed by atoms with van der Waals surface area (Å²) in [6.45, 7) is 0.0326. The molecule has 40 heavy (non-hydrogen) atoms. The molecule has 0 spiro atoms. The maximum atomic E-state index is 13.0. The van der Waals surface area contributed by atoms with Crippen molar-refractivity contribution in [3.63, 3.8) is 0 Å². The quantitative estimate of drug-likeness (QED) is 0.256. The number of carboxylic acid groups (broad SMARTS) is 1. The van der Waals surface area contributed by atoms with Crippen molar-refractivity contribution in [3.8, 4) is 16.2 Å². The Kier molecular flexibility index (Phi) is 9.86. The fourth-order valence-electron chi connectivity index (χ4n) is 4.28. The first-order valence-electron chi connectivity index (χ1n) is 12.0. The minimum absolute atomic E-state index is 0.0235. The van der Waals surface area contributed by atoms with Gasteiger partial charge < -0.3 is 19.9 Å². The molecular weight excluding hydrogens is 623 g/mol. The number of ether oxygens (including phenoxy) is 2. The standard InChI is InChI=1S/C26H25Cl3N2O7S2/c1-37-26(34)25-23(38-13-20(32)33)22(29)24(39-25)15-4-2-6-18(12-15)30-17-8-10-31(11-9-17)40(35,36)14-16-5-3-7-19(27)21(16)28/h2-7,12,17,30H,8-11,13-14H2,1H3,(H,32,33). The predicted octanol–water partition coefficient (Wildman–Crippen LogP) is 6.03. The van der Waals surface area contributed by atoms with E-state index in [0.29, 0.717) is 47.0 Å². The number of aliphatic carboxylic acids is 1. The van der Waals surface area contributed by atoms with Gasteiger partial charge in [0.15, 0.2) is 17.2 Å². The highest BCUT2D eigenvalue weighted by Gasteiger charge is 2.29. The molecule has 1 aliphatic rings. The molecule has 1 fully saturated rings. The molecule has 1 aromatic heterocycles. The molecular formula is C26H25Cl3N2O7S2. The summed E-state index contributed by atoms with van der Waals surface area (Å²) in [5.74, 6) is -2.16. The predicted molar refractivity (Wildman–Crippen MR) is 157 cm³/mol. The van der Waals surface area contributed by atoms with Crippen molar-refractivity contribution in [3.05, 3.63) is 68.0 Å². The van der Waals surface area contributed by atoms with Gasteiger partial charge in [0, 0.05) is 24.8 Å². The molecule has 2 heterocycles. The fraction of sp³-hybridized carbons (Fsp3) is 0.308. The van der Waals surface area contributed by atoms with Crippen LogP contribution >= 0.6 is 46.1 Å². The Morgan fingerprint density at radius 1 is 1.10 bits per heavy atom. The van der Waals surface area contributed by atoms with Gasteiger partial charge in [-0.15, -0.1) is 11.3 Å². The number of hydrogen-bond acceptors (Lipinski definition) is 8. The molecule has 0 atom stereocenters. The number of nitrogens with one attached hydrogen (secondary N) is 1. The minimum atomic E-state index is -3.58. The topological polar surface area (TPSA) is 122 Å². The average molecular weight is 648 g/mol. The number of halogens is 3. The Labute approximate surface area is 250 Å². The number of sulfonamides is 1. The zero-order chi connectivity index (χ0) is 29.0. The Bertz CT molecular complexity index is 1520. The lowest BCUT2D eigenvalue weighted by molar-refractivity contribution is -0.139. The molecule has 14 heteroatoms. The lowest BCUT2D eigenvalue weighted by atomic mass is 10.1. The van der Waals surface area contributed by atoms with Gasteiger partial charge in [-0.25, -0.2) is 22.3 Å². The van der Waals surface area contributed by atoms with Crippen LogP contribution in [0.2, 0.25) is 15.1 Å². The van der Waals surface area contributed by atoms with Crippen molar-refractivity contribution < 1.29 is 32.6 Å². The van der Waals surface area contributed by atoms with E-state index in [1.165, 1.54) is 11.4 Å². The molecule has 0 bridgehead atoms. The largest absolute Gasteiger partial charge is 0.479 e. The summed E-state index contributed by atoms with van der Waals surface area (Å²) in [6, 6.07) is 12.3. The van der Waals surface area contributed by atoms with E-state index < -0.39 is 28.6 Å². The molecule has 9 nitrogen and oxygen atoms in total. The van der Waals surface area contributed by atoms with E-state index in [1.807, 2.05) is 18.2 Å². The zero-order valence-electron chi connectivity index (χ0n) is 21.2. The summed E-state index contributed by atoms with van der Waals surface area (Å²) in [6.07, 6.45) is 1.18. The van der Waals surface area contributed by atoms with Gasteiger partial charge in [-0.05, 0) is 42.2 Å². The SMILES string of the molecule is COC(=O)c1sc(-c2cccc(NC3CCN(S(=O)(=O)Cc4cccc(Cl)c4Cl)CC3)c2)c(Cl)c1OCC(=O)O. The molecule has 4 rings (SSSR count). The van der Waals surface area contributed by atoms with Crippen LogP contribution in [0.5, 0.6) is 5.75 Å². The van der Waals surface area contributed by atoms with E-state index in [2.05, 4.69) is 5.32 Å². The van der Waals surface area contributed by atoms with E-state index in [9.17, 15) is 18.0 Å². The number of thiophene rings is 1. The van der Waals surface area contributed by atoms with Crippen LogP contribution in [0, 0.1) is 0 Å². The molecule has 0 saturated carbocycles. The third kappa shape index (κ3) is 7.02. The molecule has 3 aromatic rings. The zero-order valence-corrected chi connectivity index (χ0v) is 25.1. The second-order valence-electron chi connectivity index (χ2n) is 8.95. The number of anilines is 1. The van der Waals surface area contributed by atoms with E-state index in [4.69, 9.17) is 49.4 Å². The summed E-state index contributed by atoms with van der Waals surface area (Å²) in [5, 5.41) is 13.1. The van der Waals surface area contributed by atoms with Crippen LogP contribution in [0.1, 0.15) is 28.1 Å². The number of nitrogens with zero attached hydrogens (tertiary/aromatic N) is 1. The van der Waals surface area contributed by atoms with Gasteiger partial charge in [-0.1, -0.05) is 59.1 Å². The first kappa shape index (κ1) is 30.4. The van der Waals surface area contributed by atoms with E-state index in [0.717, 1.165) is 17.0 Å². The highest BCUT2D eigenvalue weighted by Crippen LogP contribution is 2.46. The molecule has 0 aliphatic carbocycles. The van der Waals surface area contributed by atoms with Gasteiger partial charge in [0.05, 0.1) is 27.8 Å². The van der Waals surface area contributed by atoms with Crippen LogP contribution in [0.25, 0.3) is 10.4 Å². The minimum Gasteiger partial charge on any atom is -0.479 e. The second-order valence-corrected chi connectivity index (χ2v) is 13.1. The van der Waals surface area contributed by atoms with Crippen LogP contribution in [0.3, 0.4) is 0 Å². The summed E-state index contributed by atoms with van der Waals surface area (Å²) in [7, 11) is -2.37. The van der Waals surface area contributed by atoms with E-state index >= 15 is 0 Å².